The molecule has 2 heterocycles. The number of aromatic nitrogens is 2. The van der Waals surface area contributed by atoms with E-state index in [1.807, 2.05) is 36.0 Å². The minimum absolute atomic E-state index is 0.0663. The van der Waals surface area contributed by atoms with Gasteiger partial charge in [0.05, 0.1) is 6.54 Å². The highest BCUT2D eigenvalue weighted by Crippen LogP contribution is 2.33. The molecule has 4 nitrogen and oxygen atoms in total. The summed E-state index contributed by atoms with van der Waals surface area (Å²) in [7, 11) is 0. The van der Waals surface area contributed by atoms with Gasteiger partial charge in [-0.05, 0) is 31.9 Å². The molecule has 0 aliphatic heterocycles. The van der Waals surface area contributed by atoms with E-state index >= 15 is 0 Å². The Balaban J connectivity index is 1.87. The Morgan fingerprint density at radius 2 is 2.19 bits per heavy atom. The minimum atomic E-state index is 0.0663. The molecule has 84 valence electrons. The van der Waals surface area contributed by atoms with Crippen molar-refractivity contribution in [2.24, 2.45) is 0 Å². The molecule has 0 bridgehead atoms. The highest BCUT2D eigenvalue weighted by atomic mass is 16.3. The van der Waals surface area contributed by atoms with Crippen molar-refractivity contribution in [2.45, 2.75) is 32.4 Å². The van der Waals surface area contributed by atoms with Gasteiger partial charge in [0.1, 0.15) is 11.5 Å². The smallest absolute Gasteiger partial charge is 0.328 e. The fourth-order valence-corrected chi connectivity index (χ4v) is 1.92. The fourth-order valence-electron chi connectivity index (χ4n) is 1.92. The van der Waals surface area contributed by atoms with Crippen molar-refractivity contribution < 1.29 is 4.42 Å². The van der Waals surface area contributed by atoms with E-state index in [1.165, 1.54) is 0 Å². The Hall–Kier alpha value is -1.71. The maximum Gasteiger partial charge on any atom is 0.328 e. The summed E-state index contributed by atoms with van der Waals surface area (Å²) in [6.45, 7) is 2.42. The van der Waals surface area contributed by atoms with Crippen LogP contribution in [0.15, 0.2) is 33.7 Å². The molecular weight excluding hydrogens is 204 g/mol. The maximum atomic E-state index is 11.9. The lowest BCUT2D eigenvalue weighted by molar-refractivity contribution is 0.465. The number of furan rings is 1. The summed E-state index contributed by atoms with van der Waals surface area (Å²) in [6, 6.07) is 4.26. The van der Waals surface area contributed by atoms with Gasteiger partial charge in [-0.15, -0.1) is 0 Å². The van der Waals surface area contributed by atoms with Crippen LogP contribution in [0.5, 0.6) is 0 Å². The Morgan fingerprint density at radius 3 is 2.81 bits per heavy atom. The van der Waals surface area contributed by atoms with Crippen LogP contribution in [0.2, 0.25) is 0 Å². The van der Waals surface area contributed by atoms with Gasteiger partial charge in [0.2, 0.25) is 0 Å². The van der Waals surface area contributed by atoms with E-state index in [2.05, 4.69) is 0 Å². The second-order valence-electron chi connectivity index (χ2n) is 4.36. The lowest BCUT2D eigenvalue weighted by Gasteiger charge is -1.98. The molecule has 2 aromatic rings. The molecule has 2 aromatic heterocycles. The Morgan fingerprint density at radius 1 is 1.38 bits per heavy atom. The van der Waals surface area contributed by atoms with Crippen LogP contribution < -0.4 is 5.69 Å². The Labute approximate surface area is 93.1 Å². The van der Waals surface area contributed by atoms with Crippen molar-refractivity contribution in [3.63, 3.8) is 0 Å². The lowest BCUT2D eigenvalue weighted by atomic mass is 10.4. The molecule has 3 rings (SSSR count). The van der Waals surface area contributed by atoms with Crippen LogP contribution in [0.25, 0.3) is 0 Å². The Kier molecular flexibility index (Phi) is 2.02. The highest BCUT2D eigenvalue weighted by molar-refractivity contribution is 5.06. The number of hydrogen-bond acceptors (Lipinski definition) is 2. The third kappa shape index (κ3) is 1.60. The third-order valence-corrected chi connectivity index (χ3v) is 2.94. The van der Waals surface area contributed by atoms with Crippen molar-refractivity contribution in [1.29, 1.82) is 0 Å². The van der Waals surface area contributed by atoms with Gasteiger partial charge >= 0.3 is 5.69 Å². The molecule has 0 aromatic carbocycles. The van der Waals surface area contributed by atoms with Crippen LogP contribution in [0.1, 0.15) is 30.4 Å². The van der Waals surface area contributed by atoms with Gasteiger partial charge in [0, 0.05) is 18.4 Å². The van der Waals surface area contributed by atoms with Gasteiger partial charge in [0.15, 0.2) is 0 Å². The zero-order valence-electron chi connectivity index (χ0n) is 9.22. The van der Waals surface area contributed by atoms with Crippen molar-refractivity contribution >= 4 is 0 Å². The van der Waals surface area contributed by atoms with Gasteiger partial charge in [-0.25, -0.2) is 4.79 Å². The second-order valence-corrected chi connectivity index (χ2v) is 4.36. The van der Waals surface area contributed by atoms with Crippen LogP contribution in [-0.2, 0) is 6.54 Å². The van der Waals surface area contributed by atoms with E-state index in [9.17, 15) is 4.79 Å². The normalized spacial score (nSPS) is 15.6. The summed E-state index contributed by atoms with van der Waals surface area (Å²) in [5.41, 5.74) is 0.0663. The fraction of sp³-hybridized carbons (Fsp3) is 0.417. The standard InChI is InChI=1S/C12H14N2O2/c1-9-2-5-11(16-9)8-13-6-7-14(12(13)15)10-3-4-10/h2,5-7,10H,3-4,8H2,1H3. The van der Waals surface area contributed by atoms with Gasteiger partial charge in [-0.1, -0.05) is 0 Å². The van der Waals surface area contributed by atoms with E-state index < -0.39 is 0 Å². The van der Waals surface area contributed by atoms with E-state index in [4.69, 9.17) is 4.42 Å². The topological polar surface area (TPSA) is 40.1 Å². The number of imidazole rings is 1. The van der Waals surface area contributed by atoms with Crippen molar-refractivity contribution in [3.8, 4) is 0 Å². The summed E-state index contributed by atoms with van der Waals surface area (Å²) < 4.78 is 8.97. The van der Waals surface area contributed by atoms with E-state index in [1.54, 1.807) is 4.57 Å². The first-order valence-corrected chi connectivity index (χ1v) is 5.56. The molecule has 0 N–H and O–H groups in total. The van der Waals surface area contributed by atoms with Crippen LogP contribution in [-0.4, -0.2) is 9.13 Å². The van der Waals surface area contributed by atoms with Crippen molar-refractivity contribution in [1.82, 2.24) is 9.13 Å². The van der Waals surface area contributed by atoms with E-state index in [0.717, 1.165) is 24.4 Å². The van der Waals surface area contributed by atoms with E-state index in [-0.39, 0.29) is 5.69 Å². The van der Waals surface area contributed by atoms with Gasteiger partial charge in [0.25, 0.3) is 0 Å². The first kappa shape index (κ1) is 9.51. The van der Waals surface area contributed by atoms with Gasteiger partial charge < -0.3 is 4.42 Å². The molecule has 1 aliphatic carbocycles. The molecule has 0 saturated heterocycles. The summed E-state index contributed by atoms with van der Waals surface area (Å²) >= 11 is 0. The quantitative estimate of drug-likeness (QED) is 0.789. The zero-order chi connectivity index (χ0) is 11.1. The van der Waals surface area contributed by atoms with Gasteiger partial charge in [-0.2, -0.15) is 0 Å². The largest absolute Gasteiger partial charge is 0.464 e. The summed E-state index contributed by atoms with van der Waals surface area (Å²) in [5.74, 6) is 1.71. The first-order valence-electron chi connectivity index (χ1n) is 5.56. The molecule has 1 aliphatic rings. The number of aryl methyl sites for hydroxylation is 1. The zero-order valence-corrected chi connectivity index (χ0v) is 9.22. The van der Waals surface area contributed by atoms with Crippen molar-refractivity contribution in [2.75, 3.05) is 0 Å². The summed E-state index contributed by atoms with van der Waals surface area (Å²) in [4.78, 5) is 11.9. The molecule has 4 heteroatoms. The second kappa shape index (κ2) is 3.40. The molecule has 1 fully saturated rings. The molecular formula is C12H14N2O2. The average Bonchev–Trinajstić information content (AvgIpc) is 2.93. The highest BCUT2D eigenvalue weighted by Gasteiger charge is 2.25. The lowest BCUT2D eigenvalue weighted by Crippen LogP contribution is -2.23. The van der Waals surface area contributed by atoms with Crippen LogP contribution in [0.3, 0.4) is 0 Å². The molecule has 1 saturated carbocycles. The SMILES string of the molecule is Cc1ccc(Cn2ccn(C3CC3)c2=O)o1. The summed E-state index contributed by atoms with van der Waals surface area (Å²) in [6.07, 6.45) is 5.96. The number of hydrogen-bond donors (Lipinski definition) is 0. The molecule has 16 heavy (non-hydrogen) atoms. The monoisotopic (exact) mass is 218 g/mol. The Bertz CT molecular complexity index is 558. The van der Waals surface area contributed by atoms with Crippen LogP contribution >= 0.6 is 0 Å². The van der Waals surface area contributed by atoms with Crippen LogP contribution in [0, 0.1) is 6.92 Å². The van der Waals surface area contributed by atoms with E-state index in [0.29, 0.717) is 12.6 Å². The first-order chi connectivity index (χ1) is 7.74. The molecule has 0 amide bonds. The predicted octanol–water partition coefficient (Wildman–Crippen LogP) is 1.93. The van der Waals surface area contributed by atoms with Crippen molar-refractivity contribution in [3.05, 3.63) is 46.5 Å². The number of nitrogens with zero attached hydrogens (tertiary/aromatic N) is 2. The molecule has 0 spiro atoms. The molecule has 0 unspecified atom stereocenters. The molecule has 0 atom stereocenters. The predicted molar refractivity (Wildman–Crippen MR) is 59.5 cm³/mol. The minimum Gasteiger partial charge on any atom is -0.464 e. The van der Waals surface area contributed by atoms with Crippen LogP contribution in [0.4, 0.5) is 0 Å². The molecule has 0 radical (unpaired) electrons. The average molecular weight is 218 g/mol. The number of rotatable bonds is 3. The van der Waals surface area contributed by atoms with Gasteiger partial charge in [-0.3, -0.25) is 9.13 Å². The summed E-state index contributed by atoms with van der Waals surface area (Å²) in [5, 5.41) is 0. The maximum absolute atomic E-state index is 11.9. The third-order valence-electron chi connectivity index (χ3n) is 2.94.